The lowest BCUT2D eigenvalue weighted by Crippen LogP contribution is -2.05. The number of hydrogen-bond donors (Lipinski definition) is 1. The lowest BCUT2D eigenvalue weighted by Gasteiger charge is -1.92. The molecule has 0 spiro atoms. The number of rotatable bonds is 0. The average Bonchev–Trinajstić information content (AvgIpc) is 1.83. The van der Waals surface area contributed by atoms with E-state index >= 15 is 0 Å². The standard InChI is InChI=1S/C6H7NO2/c1-4-5(7)2-3-9-6(4)8/h2-3H,7H2,1H3. The van der Waals surface area contributed by atoms with E-state index < -0.39 is 0 Å². The summed E-state index contributed by atoms with van der Waals surface area (Å²) in [6.07, 6.45) is 1.28. The maximum Gasteiger partial charge on any atom is 0.340 e. The number of anilines is 1. The van der Waals surface area contributed by atoms with Crippen LogP contribution in [0.25, 0.3) is 0 Å². The predicted octanol–water partition coefficient (Wildman–Crippen LogP) is 0.530. The molecule has 0 unspecified atom stereocenters. The lowest BCUT2D eigenvalue weighted by atomic mass is 10.3. The summed E-state index contributed by atoms with van der Waals surface area (Å²) < 4.78 is 4.50. The van der Waals surface area contributed by atoms with E-state index in [9.17, 15) is 4.79 Å². The second kappa shape index (κ2) is 1.93. The molecule has 1 heterocycles. The molecule has 0 fully saturated rings. The van der Waals surface area contributed by atoms with Crippen molar-refractivity contribution in [1.29, 1.82) is 0 Å². The minimum atomic E-state index is -0.366. The zero-order valence-electron chi connectivity index (χ0n) is 5.05. The van der Waals surface area contributed by atoms with E-state index in [4.69, 9.17) is 5.73 Å². The summed E-state index contributed by atoms with van der Waals surface area (Å²) in [5.41, 5.74) is 5.94. The van der Waals surface area contributed by atoms with Gasteiger partial charge in [-0.15, -0.1) is 0 Å². The Morgan fingerprint density at radius 3 is 2.78 bits per heavy atom. The van der Waals surface area contributed by atoms with Gasteiger partial charge >= 0.3 is 5.63 Å². The van der Waals surface area contributed by atoms with Crippen molar-refractivity contribution < 1.29 is 4.42 Å². The molecule has 0 amide bonds. The van der Waals surface area contributed by atoms with Crippen molar-refractivity contribution in [3.8, 4) is 0 Å². The molecular weight excluding hydrogens is 118 g/mol. The zero-order chi connectivity index (χ0) is 6.85. The smallest absolute Gasteiger partial charge is 0.340 e. The molecule has 0 aliphatic rings. The van der Waals surface area contributed by atoms with Crippen LogP contribution >= 0.6 is 0 Å². The van der Waals surface area contributed by atoms with Gasteiger partial charge in [-0.1, -0.05) is 0 Å². The summed E-state index contributed by atoms with van der Waals surface area (Å²) in [6.45, 7) is 1.63. The Kier molecular flexibility index (Phi) is 1.26. The summed E-state index contributed by atoms with van der Waals surface area (Å²) in [6, 6.07) is 1.55. The fourth-order valence-electron chi connectivity index (χ4n) is 0.500. The maximum atomic E-state index is 10.6. The SMILES string of the molecule is Cc1c(N)ccoc1=O. The molecule has 0 atom stereocenters. The summed E-state index contributed by atoms with van der Waals surface area (Å²) in [4.78, 5) is 10.6. The first-order chi connectivity index (χ1) is 4.22. The Morgan fingerprint density at radius 2 is 2.33 bits per heavy atom. The van der Waals surface area contributed by atoms with Gasteiger partial charge in [-0.25, -0.2) is 4.79 Å². The summed E-state index contributed by atoms with van der Waals surface area (Å²) in [5.74, 6) is 0. The Balaban J connectivity index is 3.43. The van der Waals surface area contributed by atoms with Gasteiger partial charge in [0.05, 0.1) is 11.8 Å². The van der Waals surface area contributed by atoms with Crippen LogP contribution in [0, 0.1) is 6.92 Å². The quantitative estimate of drug-likeness (QED) is 0.550. The molecule has 9 heavy (non-hydrogen) atoms. The van der Waals surface area contributed by atoms with Crippen LogP contribution in [0.1, 0.15) is 5.56 Å². The second-order valence-electron chi connectivity index (χ2n) is 1.79. The van der Waals surface area contributed by atoms with Crippen LogP contribution in [0.15, 0.2) is 21.5 Å². The number of hydrogen-bond acceptors (Lipinski definition) is 3. The molecule has 0 aliphatic heterocycles. The largest absolute Gasteiger partial charge is 0.431 e. The van der Waals surface area contributed by atoms with Gasteiger partial charge in [-0.3, -0.25) is 0 Å². The first-order valence-electron chi connectivity index (χ1n) is 2.55. The summed E-state index contributed by atoms with van der Waals surface area (Å²) in [7, 11) is 0. The van der Waals surface area contributed by atoms with Gasteiger partial charge < -0.3 is 10.2 Å². The molecule has 0 saturated carbocycles. The predicted molar refractivity (Wildman–Crippen MR) is 34.1 cm³/mol. The number of nitrogens with two attached hydrogens (primary N) is 1. The minimum Gasteiger partial charge on any atom is -0.431 e. The lowest BCUT2D eigenvalue weighted by molar-refractivity contribution is 0.506. The fourth-order valence-corrected chi connectivity index (χ4v) is 0.500. The molecule has 3 nitrogen and oxygen atoms in total. The normalized spacial score (nSPS) is 9.44. The van der Waals surface area contributed by atoms with Gasteiger partial charge in [0.1, 0.15) is 0 Å². The molecule has 1 aromatic heterocycles. The Hall–Kier alpha value is -1.25. The Morgan fingerprint density at radius 1 is 1.67 bits per heavy atom. The molecule has 2 N–H and O–H groups in total. The molecule has 0 aromatic carbocycles. The topological polar surface area (TPSA) is 56.2 Å². The highest BCUT2D eigenvalue weighted by Gasteiger charge is 1.95. The van der Waals surface area contributed by atoms with Crippen LogP contribution in [-0.2, 0) is 0 Å². The molecule has 0 aliphatic carbocycles. The Labute approximate surface area is 52.1 Å². The van der Waals surface area contributed by atoms with E-state index in [1.807, 2.05) is 0 Å². The maximum absolute atomic E-state index is 10.6. The van der Waals surface area contributed by atoms with Crippen molar-refractivity contribution >= 4 is 5.69 Å². The van der Waals surface area contributed by atoms with Crippen molar-refractivity contribution in [2.75, 3.05) is 5.73 Å². The van der Waals surface area contributed by atoms with Crippen molar-refractivity contribution in [3.63, 3.8) is 0 Å². The van der Waals surface area contributed by atoms with Crippen molar-refractivity contribution in [2.24, 2.45) is 0 Å². The van der Waals surface area contributed by atoms with Crippen LogP contribution in [0.5, 0.6) is 0 Å². The highest BCUT2D eigenvalue weighted by atomic mass is 16.4. The molecule has 0 saturated heterocycles. The molecule has 0 bridgehead atoms. The highest BCUT2D eigenvalue weighted by molar-refractivity contribution is 5.42. The van der Waals surface area contributed by atoms with Crippen LogP contribution in [0.3, 0.4) is 0 Å². The highest BCUT2D eigenvalue weighted by Crippen LogP contribution is 2.01. The van der Waals surface area contributed by atoms with Crippen molar-refractivity contribution in [3.05, 3.63) is 28.3 Å². The molecule has 0 radical (unpaired) electrons. The third-order valence-electron chi connectivity index (χ3n) is 1.16. The Bertz CT molecular complexity index is 264. The van der Waals surface area contributed by atoms with E-state index in [-0.39, 0.29) is 5.63 Å². The first-order valence-corrected chi connectivity index (χ1v) is 2.55. The first kappa shape index (κ1) is 5.88. The van der Waals surface area contributed by atoms with E-state index in [0.717, 1.165) is 0 Å². The van der Waals surface area contributed by atoms with E-state index in [0.29, 0.717) is 11.3 Å². The third-order valence-corrected chi connectivity index (χ3v) is 1.16. The summed E-state index contributed by atoms with van der Waals surface area (Å²) >= 11 is 0. The minimum absolute atomic E-state index is 0.366. The van der Waals surface area contributed by atoms with E-state index in [1.165, 1.54) is 6.26 Å². The van der Waals surface area contributed by atoms with Crippen LogP contribution < -0.4 is 11.4 Å². The van der Waals surface area contributed by atoms with E-state index in [2.05, 4.69) is 4.42 Å². The summed E-state index contributed by atoms with van der Waals surface area (Å²) in [5, 5.41) is 0. The monoisotopic (exact) mass is 125 g/mol. The second-order valence-corrected chi connectivity index (χ2v) is 1.79. The molecule has 1 aromatic rings. The van der Waals surface area contributed by atoms with Gasteiger partial charge in [0.15, 0.2) is 0 Å². The van der Waals surface area contributed by atoms with Crippen LogP contribution in [0.2, 0.25) is 0 Å². The van der Waals surface area contributed by atoms with Gasteiger partial charge in [-0.05, 0) is 13.0 Å². The van der Waals surface area contributed by atoms with Crippen molar-refractivity contribution in [2.45, 2.75) is 6.92 Å². The van der Waals surface area contributed by atoms with Gasteiger partial charge in [0.25, 0.3) is 0 Å². The fraction of sp³-hybridized carbons (Fsp3) is 0.167. The van der Waals surface area contributed by atoms with Gasteiger partial charge in [-0.2, -0.15) is 0 Å². The van der Waals surface area contributed by atoms with E-state index in [1.54, 1.807) is 13.0 Å². The van der Waals surface area contributed by atoms with Crippen LogP contribution in [-0.4, -0.2) is 0 Å². The van der Waals surface area contributed by atoms with Crippen molar-refractivity contribution in [1.82, 2.24) is 0 Å². The number of nitrogen functional groups attached to an aromatic ring is 1. The third kappa shape index (κ3) is 0.937. The molecule has 3 heteroatoms. The van der Waals surface area contributed by atoms with Crippen LogP contribution in [0.4, 0.5) is 5.69 Å². The molecular formula is C6H7NO2. The average molecular weight is 125 g/mol. The molecule has 48 valence electrons. The zero-order valence-corrected chi connectivity index (χ0v) is 5.05. The van der Waals surface area contributed by atoms with Gasteiger partial charge in [0.2, 0.25) is 0 Å². The molecule has 1 rings (SSSR count). The van der Waals surface area contributed by atoms with Gasteiger partial charge in [0, 0.05) is 5.69 Å².